The molecule has 0 aliphatic heterocycles. The van der Waals surface area contributed by atoms with Crippen LogP contribution in [0.5, 0.6) is 0 Å². The Balaban J connectivity index is 1.56. The number of halogens is 2. The van der Waals surface area contributed by atoms with Gasteiger partial charge < -0.3 is 5.73 Å². The highest BCUT2D eigenvalue weighted by Crippen LogP contribution is 2.28. The summed E-state index contributed by atoms with van der Waals surface area (Å²) in [5.74, 6) is 4.83. The maximum atomic E-state index is 13.7. The van der Waals surface area contributed by atoms with E-state index in [2.05, 4.69) is 37.0 Å². The van der Waals surface area contributed by atoms with Gasteiger partial charge in [0.1, 0.15) is 17.3 Å². The Bertz CT molecular complexity index is 1120. The van der Waals surface area contributed by atoms with Gasteiger partial charge in [-0.05, 0) is 71.5 Å². The number of rotatable bonds is 2. The predicted octanol–water partition coefficient (Wildman–Crippen LogP) is 5.96. The van der Waals surface area contributed by atoms with Gasteiger partial charge in [-0.25, -0.2) is 8.78 Å². The molecule has 0 bridgehead atoms. The Kier molecular flexibility index (Phi) is 4.71. The van der Waals surface area contributed by atoms with Crippen molar-refractivity contribution in [3.05, 3.63) is 94.1 Å². The van der Waals surface area contributed by atoms with Crippen molar-refractivity contribution in [3.63, 3.8) is 0 Å². The van der Waals surface area contributed by atoms with Crippen molar-refractivity contribution in [2.24, 2.45) is 0 Å². The molecule has 3 aromatic rings. The number of anilines is 1. The number of hydrogen-bond acceptors (Lipinski definition) is 1. The fraction of sp³-hybridized carbons (Fsp3) is 0.120. The van der Waals surface area contributed by atoms with Crippen molar-refractivity contribution in [1.29, 1.82) is 0 Å². The second-order valence-corrected chi connectivity index (χ2v) is 6.93. The monoisotopic (exact) mass is 371 g/mol. The third-order valence-electron chi connectivity index (χ3n) is 5.03. The molecule has 0 amide bonds. The first-order chi connectivity index (χ1) is 13.5. The minimum Gasteiger partial charge on any atom is -0.394 e. The van der Waals surface area contributed by atoms with E-state index in [-0.39, 0.29) is 0 Å². The van der Waals surface area contributed by atoms with Crippen LogP contribution in [-0.2, 0) is 6.42 Å². The molecule has 1 aliphatic rings. The highest BCUT2D eigenvalue weighted by molar-refractivity contribution is 5.68. The van der Waals surface area contributed by atoms with E-state index in [1.54, 1.807) is 12.1 Å². The van der Waals surface area contributed by atoms with Gasteiger partial charge in [-0.2, -0.15) is 0 Å². The molecule has 0 aromatic heterocycles. The first-order valence-corrected chi connectivity index (χ1v) is 9.23. The van der Waals surface area contributed by atoms with Crippen LogP contribution < -0.4 is 5.73 Å². The van der Waals surface area contributed by atoms with Gasteiger partial charge in [-0.15, -0.1) is 0 Å². The molecular weight excluding hydrogens is 352 g/mol. The summed E-state index contributed by atoms with van der Waals surface area (Å²) in [5.41, 5.74) is 11.9. The lowest BCUT2D eigenvalue weighted by molar-refractivity contribution is 0.592. The van der Waals surface area contributed by atoms with Crippen LogP contribution >= 0.6 is 0 Å². The summed E-state index contributed by atoms with van der Waals surface area (Å²) in [4.78, 5) is 0. The van der Waals surface area contributed by atoms with E-state index in [1.165, 1.54) is 28.8 Å². The SMILES string of the molecule is CCC1=Cc2cc(C#Cc3ccc(-c4cc(F)c(N)c(F)c4)cc3)ccc2C1. The average molecular weight is 371 g/mol. The zero-order valence-corrected chi connectivity index (χ0v) is 15.5. The standard InChI is InChI=1S/C25H19F2N/c1-2-16-11-20-10-7-18(13-21(20)12-16)4-3-17-5-8-19(9-6-17)22-14-23(26)25(28)24(27)15-22/h5-10,12-15H,2,11,28H2,1H3. The minimum atomic E-state index is -0.754. The van der Waals surface area contributed by atoms with Crippen molar-refractivity contribution >= 4 is 11.8 Å². The normalized spacial score (nSPS) is 12.2. The molecule has 4 rings (SSSR count). The van der Waals surface area contributed by atoms with E-state index >= 15 is 0 Å². The molecule has 0 fully saturated rings. The van der Waals surface area contributed by atoms with Crippen molar-refractivity contribution in [2.45, 2.75) is 19.8 Å². The van der Waals surface area contributed by atoms with Gasteiger partial charge in [-0.1, -0.05) is 48.6 Å². The molecule has 1 nitrogen and oxygen atoms in total. The molecule has 0 atom stereocenters. The Morgan fingerprint density at radius 3 is 2.18 bits per heavy atom. The maximum Gasteiger partial charge on any atom is 0.149 e. The van der Waals surface area contributed by atoms with Crippen molar-refractivity contribution in [2.75, 3.05) is 5.73 Å². The van der Waals surface area contributed by atoms with Crippen LogP contribution in [-0.4, -0.2) is 0 Å². The summed E-state index contributed by atoms with van der Waals surface area (Å²) in [5, 5.41) is 0. The van der Waals surface area contributed by atoms with Gasteiger partial charge in [-0.3, -0.25) is 0 Å². The average Bonchev–Trinajstić information content (AvgIpc) is 3.13. The van der Waals surface area contributed by atoms with Gasteiger partial charge in [0, 0.05) is 11.1 Å². The minimum absolute atomic E-state index is 0.445. The van der Waals surface area contributed by atoms with Crippen LogP contribution in [0.1, 0.15) is 35.6 Å². The quantitative estimate of drug-likeness (QED) is 0.436. The summed E-state index contributed by atoms with van der Waals surface area (Å²) < 4.78 is 27.3. The Labute approximate surface area is 163 Å². The lowest BCUT2D eigenvalue weighted by Gasteiger charge is -2.05. The smallest absolute Gasteiger partial charge is 0.149 e. The van der Waals surface area contributed by atoms with E-state index < -0.39 is 17.3 Å². The fourth-order valence-corrected chi connectivity index (χ4v) is 3.35. The van der Waals surface area contributed by atoms with Gasteiger partial charge >= 0.3 is 0 Å². The maximum absolute atomic E-state index is 13.7. The number of allylic oxidation sites excluding steroid dienone is 1. The molecule has 1 aliphatic carbocycles. The summed E-state index contributed by atoms with van der Waals surface area (Å²) in [6, 6.07) is 16.1. The Morgan fingerprint density at radius 1 is 0.857 bits per heavy atom. The van der Waals surface area contributed by atoms with Gasteiger partial charge in [0.2, 0.25) is 0 Å². The van der Waals surface area contributed by atoms with Crippen LogP contribution in [0.15, 0.2) is 60.2 Å². The zero-order valence-electron chi connectivity index (χ0n) is 15.5. The van der Waals surface area contributed by atoms with E-state index in [9.17, 15) is 8.78 Å². The highest BCUT2D eigenvalue weighted by Gasteiger charge is 2.11. The molecule has 0 saturated carbocycles. The number of nitrogen functional groups attached to an aromatic ring is 1. The third kappa shape index (κ3) is 3.54. The largest absolute Gasteiger partial charge is 0.394 e. The third-order valence-corrected chi connectivity index (χ3v) is 5.03. The summed E-state index contributed by atoms with van der Waals surface area (Å²) in [6.45, 7) is 2.18. The molecule has 28 heavy (non-hydrogen) atoms. The molecule has 138 valence electrons. The first kappa shape index (κ1) is 18.0. The molecule has 0 saturated heterocycles. The summed E-state index contributed by atoms with van der Waals surface area (Å²) >= 11 is 0. The van der Waals surface area contributed by atoms with Crippen LogP contribution in [0, 0.1) is 23.5 Å². The zero-order chi connectivity index (χ0) is 19.7. The highest BCUT2D eigenvalue weighted by atomic mass is 19.1. The summed E-state index contributed by atoms with van der Waals surface area (Å²) in [7, 11) is 0. The van der Waals surface area contributed by atoms with Crippen molar-refractivity contribution < 1.29 is 8.78 Å². The number of hydrogen-bond donors (Lipinski definition) is 1. The lowest BCUT2D eigenvalue weighted by atomic mass is 10.0. The first-order valence-electron chi connectivity index (χ1n) is 9.23. The topological polar surface area (TPSA) is 26.0 Å². The molecule has 0 heterocycles. The molecule has 3 heteroatoms. The molecule has 0 unspecified atom stereocenters. The fourth-order valence-electron chi connectivity index (χ4n) is 3.35. The van der Waals surface area contributed by atoms with Crippen LogP contribution in [0.3, 0.4) is 0 Å². The van der Waals surface area contributed by atoms with Crippen LogP contribution in [0.25, 0.3) is 17.2 Å². The number of benzene rings is 3. The second-order valence-electron chi connectivity index (χ2n) is 6.93. The lowest BCUT2D eigenvalue weighted by Crippen LogP contribution is -1.96. The van der Waals surface area contributed by atoms with E-state index in [1.807, 2.05) is 18.2 Å². The van der Waals surface area contributed by atoms with Crippen LogP contribution in [0.4, 0.5) is 14.5 Å². The van der Waals surface area contributed by atoms with Gasteiger partial charge in [0.15, 0.2) is 0 Å². The van der Waals surface area contributed by atoms with Crippen molar-refractivity contribution in [1.82, 2.24) is 0 Å². The molecule has 0 spiro atoms. The molecular formula is C25H19F2N. The van der Waals surface area contributed by atoms with E-state index in [0.717, 1.165) is 24.0 Å². The van der Waals surface area contributed by atoms with E-state index in [4.69, 9.17) is 5.73 Å². The molecule has 3 aromatic carbocycles. The molecule has 2 N–H and O–H groups in total. The predicted molar refractivity (Wildman–Crippen MR) is 111 cm³/mol. The van der Waals surface area contributed by atoms with Crippen LogP contribution in [0.2, 0.25) is 0 Å². The van der Waals surface area contributed by atoms with Gasteiger partial charge in [0.25, 0.3) is 0 Å². The number of nitrogens with two attached hydrogens (primary N) is 1. The second kappa shape index (κ2) is 7.32. The Morgan fingerprint density at radius 2 is 1.50 bits per heavy atom. The number of fused-ring (bicyclic) bond motifs is 1. The van der Waals surface area contributed by atoms with Gasteiger partial charge in [0.05, 0.1) is 0 Å². The summed E-state index contributed by atoms with van der Waals surface area (Å²) in [6.07, 6.45) is 4.36. The molecule has 0 radical (unpaired) electrons. The van der Waals surface area contributed by atoms with Crippen molar-refractivity contribution in [3.8, 4) is 23.0 Å². The Hall–Kier alpha value is -3.38. The van der Waals surface area contributed by atoms with E-state index in [0.29, 0.717) is 11.1 Å².